The number of hydrogen-bond donors (Lipinski definition) is 1. The fraction of sp³-hybridized carbons (Fsp3) is 0.923. The highest BCUT2D eigenvalue weighted by Gasteiger charge is 2.37. The van der Waals surface area contributed by atoms with Crippen molar-refractivity contribution < 1.29 is 14.6 Å². The van der Waals surface area contributed by atoms with E-state index in [1.54, 1.807) is 0 Å². The van der Waals surface area contributed by atoms with Gasteiger partial charge in [0.05, 0.1) is 18.6 Å². The second kappa shape index (κ2) is 5.99. The molecule has 2 saturated heterocycles. The minimum Gasteiger partial charge on any atom is -0.481 e. The number of rotatable bonds is 4. The lowest BCUT2D eigenvalue weighted by atomic mass is 9.82. The summed E-state index contributed by atoms with van der Waals surface area (Å²) >= 11 is 0. The van der Waals surface area contributed by atoms with E-state index in [2.05, 4.69) is 9.80 Å². The Morgan fingerprint density at radius 2 is 1.89 bits per heavy atom. The van der Waals surface area contributed by atoms with E-state index in [0.717, 1.165) is 58.8 Å². The van der Waals surface area contributed by atoms with E-state index in [1.165, 1.54) is 0 Å². The second-order valence-corrected chi connectivity index (χ2v) is 5.70. The summed E-state index contributed by atoms with van der Waals surface area (Å²) in [4.78, 5) is 16.0. The third-order valence-corrected chi connectivity index (χ3v) is 4.13. The first-order valence-corrected chi connectivity index (χ1v) is 6.86. The van der Waals surface area contributed by atoms with Gasteiger partial charge in [-0.1, -0.05) is 0 Å². The molecule has 18 heavy (non-hydrogen) atoms. The molecular weight excluding hydrogens is 232 g/mol. The molecule has 2 heterocycles. The molecule has 2 aliphatic rings. The Morgan fingerprint density at radius 3 is 2.56 bits per heavy atom. The summed E-state index contributed by atoms with van der Waals surface area (Å²) in [6.07, 6.45) is 1.79. The molecule has 2 rings (SSSR count). The summed E-state index contributed by atoms with van der Waals surface area (Å²) in [5.74, 6) is -0.654. The average molecular weight is 256 g/mol. The molecule has 0 aliphatic carbocycles. The van der Waals surface area contributed by atoms with Crippen LogP contribution in [-0.2, 0) is 9.53 Å². The highest BCUT2D eigenvalue weighted by atomic mass is 16.5. The van der Waals surface area contributed by atoms with Crippen molar-refractivity contribution in [1.82, 2.24) is 9.80 Å². The van der Waals surface area contributed by atoms with Crippen LogP contribution in [0.5, 0.6) is 0 Å². The maximum atomic E-state index is 11.3. The first-order chi connectivity index (χ1) is 8.60. The van der Waals surface area contributed by atoms with Crippen LogP contribution in [0.25, 0.3) is 0 Å². The van der Waals surface area contributed by atoms with Crippen LogP contribution in [-0.4, -0.2) is 73.4 Å². The minimum absolute atomic E-state index is 0.552. The number of carboxylic acid groups (broad SMARTS) is 1. The van der Waals surface area contributed by atoms with E-state index in [-0.39, 0.29) is 0 Å². The third-order valence-electron chi connectivity index (χ3n) is 4.13. The van der Waals surface area contributed by atoms with E-state index < -0.39 is 11.4 Å². The molecule has 1 atom stereocenters. The number of ether oxygens (including phenoxy) is 1. The van der Waals surface area contributed by atoms with Crippen LogP contribution < -0.4 is 0 Å². The molecule has 0 radical (unpaired) electrons. The first kappa shape index (κ1) is 13.8. The van der Waals surface area contributed by atoms with Crippen LogP contribution in [0, 0.1) is 5.41 Å². The van der Waals surface area contributed by atoms with Gasteiger partial charge in [-0.15, -0.1) is 0 Å². The van der Waals surface area contributed by atoms with Gasteiger partial charge in [-0.3, -0.25) is 9.69 Å². The molecule has 2 fully saturated rings. The molecule has 2 aliphatic heterocycles. The molecular formula is C13H24N2O3. The van der Waals surface area contributed by atoms with E-state index in [0.29, 0.717) is 6.54 Å². The van der Waals surface area contributed by atoms with E-state index in [4.69, 9.17) is 4.74 Å². The summed E-state index contributed by atoms with van der Waals surface area (Å²) < 4.78 is 5.32. The highest BCUT2D eigenvalue weighted by Crippen LogP contribution is 2.29. The number of piperidine rings is 1. The average Bonchev–Trinajstić information content (AvgIpc) is 2.38. The Labute approximate surface area is 109 Å². The van der Waals surface area contributed by atoms with Crippen LogP contribution in [0.1, 0.15) is 19.8 Å². The lowest BCUT2D eigenvalue weighted by Crippen LogP contribution is -2.49. The Kier molecular flexibility index (Phi) is 4.59. The molecule has 1 unspecified atom stereocenters. The predicted octanol–water partition coefficient (Wildman–Crippen LogP) is 0.505. The molecule has 1 N–H and O–H groups in total. The van der Waals surface area contributed by atoms with Gasteiger partial charge in [-0.2, -0.15) is 0 Å². The summed E-state index contributed by atoms with van der Waals surface area (Å²) in [6.45, 7) is 9.26. The molecule has 5 heteroatoms. The van der Waals surface area contributed by atoms with E-state index >= 15 is 0 Å². The molecule has 0 saturated carbocycles. The molecule has 0 aromatic heterocycles. The molecule has 5 nitrogen and oxygen atoms in total. The van der Waals surface area contributed by atoms with Crippen molar-refractivity contribution in [2.45, 2.75) is 19.8 Å². The van der Waals surface area contributed by atoms with Crippen LogP contribution in [0.3, 0.4) is 0 Å². The highest BCUT2D eigenvalue weighted by molar-refractivity contribution is 5.74. The van der Waals surface area contributed by atoms with Crippen LogP contribution in [0.15, 0.2) is 0 Å². The maximum absolute atomic E-state index is 11.3. The lowest BCUT2D eigenvalue weighted by molar-refractivity contribution is -0.151. The van der Waals surface area contributed by atoms with Crippen molar-refractivity contribution in [2.75, 3.05) is 52.5 Å². The van der Waals surface area contributed by atoms with Gasteiger partial charge in [0, 0.05) is 32.7 Å². The quantitative estimate of drug-likeness (QED) is 0.794. The number of morpholine rings is 1. The van der Waals surface area contributed by atoms with Gasteiger partial charge < -0.3 is 14.7 Å². The normalized spacial score (nSPS) is 31.4. The van der Waals surface area contributed by atoms with Crippen molar-refractivity contribution in [1.29, 1.82) is 0 Å². The molecule has 0 aromatic rings. The van der Waals surface area contributed by atoms with Crippen molar-refractivity contribution in [2.24, 2.45) is 5.41 Å². The fourth-order valence-corrected chi connectivity index (χ4v) is 2.82. The van der Waals surface area contributed by atoms with Crippen molar-refractivity contribution in [3.05, 3.63) is 0 Å². The van der Waals surface area contributed by atoms with Crippen LogP contribution in [0.2, 0.25) is 0 Å². The summed E-state index contributed by atoms with van der Waals surface area (Å²) in [5, 5.41) is 9.28. The fourth-order valence-electron chi connectivity index (χ4n) is 2.82. The van der Waals surface area contributed by atoms with Gasteiger partial charge in [0.2, 0.25) is 0 Å². The van der Waals surface area contributed by atoms with Crippen LogP contribution >= 0.6 is 0 Å². The van der Waals surface area contributed by atoms with Gasteiger partial charge in [-0.25, -0.2) is 0 Å². The molecule has 0 bridgehead atoms. The number of hydrogen-bond acceptors (Lipinski definition) is 4. The number of likely N-dealkylation sites (tertiary alicyclic amines) is 1. The summed E-state index contributed by atoms with van der Waals surface area (Å²) in [6, 6.07) is 0. The summed E-state index contributed by atoms with van der Waals surface area (Å²) in [7, 11) is 0. The SMILES string of the molecule is CC1(C(=O)O)CCCN(CCN2CCOCC2)C1. The zero-order valence-electron chi connectivity index (χ0n) is 11.2. The minimum atomic E-state index is -0.654. The smallest absolute Gasteiger partial charge is 0.310 e. The largest absolute Gasteiger partial charge is 0.481 e. The monoisotopic (exact) mass is 256 g/mol. The van der Waals surface area contributed by atoms with Gasteiger partial charge in [-0.05, 0) is 26.3 Å². The number of nitrogens with zero attached hydrogens (tertiary/aromatic N) is 2. The van der Waals surface area contributed by atoms with Gasteiger partial charge >= 0.3 is 5.97 Å². The lowest BCUT2D eigenvalue weighted by Gasteiger charge is -2.38. The van der Waals surface area contributed by atoms with Gasteiger partial charge in [0.25, 0.3) is 0 Å². The Morgan fingerprint density at radius 1 is 1.22 bits per heavy atom. The van der Waals surface area contributed by atoms with Crippen molar-refractivity contribution in [3.63, 3.8) is 0 Å². The zero-order chi connectivity index (χ0) is 13.0. The molecule has 0 amide bonds. The molecule has 104 valence electrons. The number of carbonyl (C=O) groups is 1. The Balaban J connectivity index is 1.77. The zero-order valence-corrected chi connectivity index (χ0v) is 11.2. The van der Waals surface area contributed by atoms with E-state index in [9.17, 15) is 9.90 Å². The second-order valence-electron chi connectivity index (χ2n) is 5.70. The van der Waals surface area contributed by atoms with Gasteiger partial charge in [0.15, 0.2) is 0 Å². The third kappa shape index (κ3) is 3.43. The summed E-state index contributed by atoms with van der Waals surface area (Å²) in [5.41, 5.74) is -0.552. The predicted molar refractivity (Wildman–Crippen MR) is 68.7 cm³/mol. The molecule has 0 spiro atoms. The van der Waals surface area contributed by atoms with Gasteiger partial charge in [0.1, 0.15) is 0 Å². The van der Waals surface area contributed by atoms with Crippen LogP contribution in [0.4, 0.5) is 0 Å². The first-order valence-electron chi connectivity index (χ1n) is 6.86. The topological polar surface area (TPSA) is 53.0 Å². The standard InChI is InChI=1S/C13H24N2O3/c1-13(12(16)17)3-2-4-15(11-13)6-5-14-7-9-18-10-8-14/h2-11H2,1H3,(H,16,17). The Hall–Kier alpha value is -0.650. The number of carboxylic acids is 1. The Bertz CT molecular complexity index is 292. The van der Waals surface area contributed by atoms with Crippen molar-refractivity contribution in [3.8, 4) is 0 Å². The molecule has 0 aromatic carbocycles. The number of aliphatic carboxylic acids is 1. The van der Waals surface area contributed by atoms with Crippen molar-refractivity contribution >= 4 is 5.97 Å². The van der Waals surface area contributed by atoms with E-state index in [1.807, 2.05) is 6.92 Å². The maximum Gasteiger partial charge on any atom is 0.310 e.